The van der Waals surface area contributed by atoms with Crippen molar-refractivity contribution < 1.29 is 9.18 Å². The lowest BCUT2D eigenvalue weighted by atomic mass is 9.78. The molecule has 3 N–H and O–H groups in total. The third-order valence-electron chi connectivity index (χ3n) is 6.34. The maximum Gasteiger partial charge on any atom is 0.228 e. The van der Waals surface area contributed by atoms with E-state index in [1.54, 1.807) is 24.4 Å². The van der Waals surface area contributed by atoms with Crippen molar-refractivity contribution in [2.24, 2.45) is 5.92 Å². The molecule has 2 fully saturated rings. The first-order valence-corrected chi connectivity index (χ1v) is 13.3. The molecule has 1 aliphatic carbocycles. The van der Waals surface area contributed by atoms with Gasteiger partial charge in [0.05, 0.1) is 11.4 Å². The predicted octanol–water partition coefficient (Wildman–Crippen LogP) is 5.50. The Bertz CT molecular complexity index is 1290. The maximum atomic E-state index is 14.3. The van der Waals surface area contributed by atoms with Gasteiger partial charge < -0.3 is 10.6 Å². The molecule has 3 aromatic rings. The average molecular weight is 531 g/mol. The molecule has 0 bridgehead atoms. The van der Waals surface area contributed by atoms with E-state index in [1.165, 1.54) is 29.7 Å². The number of aromatic nitrogens is 3. The molecular weight excluding hydrogens is 507 g/mol. The van der Waals surface area contributed by atoms with E-state index in [0.717, 1.165) is 25.9 Å². The SMILES string of the molecule is O=C(Nc1cc(Nc2cc(-c3cc(Cl)ccc3F)n[nH]c2=S)ccn1)C1CC(N2CCSCC2)C1. The number of hydrogen-bond acceptors (Lipinski definition) is 7. The third-order valence-corrected chi connectivity index (χ3v) is 7.83. The smallest absolute Gasteiger partial charge is 0.228 e. The van der Waals surface area contributed by atoms with Crippen LogP contribution >= 0.6 is 35.6 Å². The highest BCUT2D eigenvalue weighted by atomic mass is 35.5. The standard InChI is InChI=1S/C24H24ClFN6OS2/c25-15-1-2-19(26)18(11-15)20-13-21(24(34)31-30-20)28-16-3-4-27-22(12-16)29-23(33)14-9-17(10-14)32-5-7-35-8-6-32/h1-4,11-14,17H,5-10H2,(H,31,34)(H2,27,28,29,30,33). The zero-order valence-corrected chi connectivity index (χ0v) is 21.2. The zero-order valence-electron chi connectivity index (χ0n) is 18.8. The van der Waals surface area contributed by atoms with Gasteiger partial charge in [0.1, 0.15) is 16.3 Å². The van der Waals surface area contributed by atoms with Crippen LogP contribution in [0.3, 0.4) is 0 Å². The number of nitrogens with one attached hydrogen (secondary N) is 3. The van der Waals surface area contributed by atoms with Crippen LogP contribution in [0.5, 0.6) is 0 Å². The van der Waals surface area contributed by atoms with Gasteiger partial charge in [-0.3, -0.25) is 14.8 Å². The van der Waals surface area contributed by atoms with Gasteiger partial charge in [0, 0.05) is 65.1 Å². The molecule has 7 nitrogen and oxygen atoms in total. The highest BCUT2D eigenvalue weighted by Crippen LogP contribution is 2.34. The molecular formula is C24H24ClFN6OS2. The van der Waals surface area contributed by atoms with Crippen molar-refractivity contribution in [1.82, 2.24) is 20.1 Å². The molecule has 0 atom stereocenters. The summed E-state index contributed by atoms with van der Waals surface area (Å²) in [6.45, 7) is 2.23. The van der Waals surface area contributed by atoms with Crippen LogP contribution in [0.2, 0.25) is 5.02 Å². The van der Waals surface area contributed by atoms with Crippen molar-refractivity contribution in [2.45, 2.75) is 18.9 Å². The summed E-state index contributed by atoms with van der Waals surface area (Å²) in [6, 6.07) is 9.95. The van der Waals surface area contributed by atoms with E-state index >= 15 is 0 Å². The van der Waals surface area contributed by atoms with Gasteiger partial charge >= 0.3 is 0 Å². The second-order valence-corrected chi connectivity index (χ2v) is 10.7. The first-order chi connectivity index (χ1) is 17.0. The molecule has 1 amide bonds. The van der Waals surface area contributed by atoms with Gasteiger partial charge in [-0.1, -0.05) is 23.8 Å². The molecule has 0 radical (unpaired) electrons. The second kappa shape index (κ2) is 10.6. The van der Waals surface area contributed by atoms with Crippen LogP contribution in [0, 0.1) is 16.4 Å². The first kappa shape index (κ1) is 24.2. The number of carbonyl (C=O) groups excluding carboxylic acids is 1. The van der Waals surface area contributed by atoms with Gasteiger partial charge in [-0.05, 0) is 43.2 Å². The summed E-state index contributed by atoms with van der Waals surface area (Å²) in [5, 5.41) is 13.4. The van der Waals surface area contributed by atoms with Crippen LogP contribution < -0.4 is 10.6 Å². The summed E-state index contributed by atoms with van der Waals surface area (Å²) >= 11 is 13.4. The zero-order chi connectivity index (χ0) is 24.4. The summed E-state index contributed by atoms with van der Waals surface area (Å²) in [7, 11) is 0. The Morgan fingerprint density at radius 3 is 2.80 bits per heavy atom. The minimum absolute atomic E-state index is 0.00259. The summed E-state index contributed by atoms with van der Waals surface area (Å²) in [5.74, 6) is 2.38. The van der Waals surface area contributed by atoms with E-state index in [4.69, 9.17) is 23.8 Å². The number of amides is 1. The number of thioether (sulfide) groups is 1. The topological polar surface area (TPSA) is 85.9 Å². The van der Waals surface area contributed by atoms with Gasteiger partial charge in [0.15, 0.2) is 0 Å². The molecule has 11 heteroatoms. The van der Waals surface area contributed by atoms with Crippen LogP contribution in [0.25, 0.3) is 11.3 Å². The molecule has 1 saturated heterocycles. The molecule has 1 saturated carbocycles. The Hall–Kier alpha value is -2.53. The van der Waals surface area contributed by atoms with E-state index in [-0.39, 0.29) is 17.4 Å². The molecule has 35 heavy (non-hydrogen) atoms. The normalized spacial score (nSPS) is 20.2. The Balaban J connectivity index is 1.25. The van der Waals surface area contributed by atoms with Crippen molar-refractivity contribution in [2.75, 3.05) is 35.2 Å². The third kappa shape index (κ3) is 5.66. The minimum Gasteiger partial charge on any atom is -0.353 e. The quantitative estimate of drug-likeness (QED) is 0.363. The van der Waals surface area contributed by atoms with Crippen LogP contribution in [0.4, 0.5) is 21.6 Å². The van der Waals surface area contributed by atoms with Gasteiger partial charge in [-0.25, -0.2) is 9.37 Å². The van der Waals surface area contributed by atoms with Crippen molar-refractivity contribution in [1.29, 1.82) is 0 Å². The molecule has 5 rings (SSSR count). The Morgan fingerprint density at radius 2 is 2.00 bits per heavy atom. The largest absolute Gasteiger partial charge is 0.353 e. The Morgan fingerprint density at radius 1 is 1.20 bits per heavy atom. The number of hydrogen-bond donors (Lipinski definition) is 3. The Kier molecular flexibility index (Phi) is 7.33. The summed E-state index contributed by atoms with van der Waals surface area (Å²) in [6.07, 6.45) is 3.39. The van der Waals surface area contributed by atoms with Gasteiger partial charge in [-0.2, -0.15) is 16.9 Å². The number of halogens is 2. The minimum atomic E-state index is -0.440. The summed E-state index contributed by atoms with van der Waals surface area (Å²) < 4.78 is 14.7. The van der Waals surface area contributed by atoms with E-state index in [0.29, 0.717) is 38.6 Å². The van der Waals surface area contributed by atoms with Gasteiger partial charge in [0.25, 0.3) is 0 Å². The second-order valence-electron chi connectivity index (χ2n) is 8.63. The maximum absolute atomic E-state index is 14.3. The van der Waals surface area contributed by atoms with Crippen LogP contribution in [0.1, 0.15) is 12.8 Å². The molecule has 3 heterocycles. The number of pyridine rings is 1. The first-order valence-electron chi connectivity index (χ1n) is 11.4. The van der Waals surface area contributed by atoms with E-state index < -0.39 is 5.82 Å². The molecule has 2 aliphatic rings. The van der Waals surface area contributed by atoms with Crippen LogP contribution in [-0.2, 0) is 4.79 Å². The van der Waals surface area contributed by atoms with Crippen molar-refractivity contribution >= 4 is 58.7 Å². The predicted molar refractivity (Wildman–Crippen MR) is 141 cm³/mol. The molecule has 0 unspecified atom stereocenters. The highest BCUT2D eigenvalue weighted by molar-refractivity contribution is 7.99. The number of nitrogens with zero attached hydrogens (tertiary/aromatic N) is 3. The lowest BCUT2D eigenvalue weighted by Gasteiger charge is -2.43. The van der Waals surface area contributed by atoms with E-state index in [1.807, 2.05) is 11.8 Å². The van der Waals surface area contributed by atoms with Crippen molar-refractivity contribution in [3.05, 3.63) is 58.1 Å². The number of carbonyl (C=O) groups is 1. The average Bonchev–Trinajstić information content (AvgIpc) is 2.82. The Labute approximate surface area is 216 Å². The fourth-order valence-corrected chi connectivity index (χ4v) is 5.59. The molecule has 182 valence electrons. The monoisotopic (exact) mass is 530 g/mol. The highest BCUT2D eigenvalue weighted by Gasteiger charge is 2.38. The molecule has 1 aliphatic heterocycles. The van der Waals surface area contributed by atoms with Gasteiger partial charge in [-0.15, -0.1) is 0 Å². The fourth-order valence-electron chi connectivity index (χ4n) is 4.33. The van der Waals surface area contributed by atoms with E-state index in [9.17, 15) is 9.18 Å². The lowest BCUT2D eigenvalue weighted by Crippen LogP contribution is -2.50. The summed E-state index contributed by atoms with van der Waals surface area (Å²) in [4.78, 5) is 19.5. The number of rotatable bonds is 6. The summed E-state index contributed by atoms with van der Waals surface area (Å²) in [5.41, 5.74) is 1.83. The van der Waals surface area contributed by atoms with Gasteiger partial charge in [0.2, 0.25) is 5.91 Å². The lowest BCUT2D eigenvalue weighted by molar-refractivity contribution is -0.124. The van der Waals surface area contributed by atoms with Crippen LogP contribution in [-0.4, -0.2) is 56.6 Å². The number of H-pyrrole nitrogens is 1. The van der Waals surface area contributed by atoms with E-state index in [2.05, 4.69) is 30.7 Å². The number of benzene rings is 1. The van der Waals surface area contributed by atoms with Crippen molar-refractivity contribution in [3.63, 3.8) is 0 Å². The number of anilines is 3. The van der Waals surface area contributed by atoms with Crippen LogP contribution in [0.15, 0.2) is 42.6 Å². The molecule has 0 spiro atoms. The number of aromatic amines is 1. The van der Waals surface area contributed by atoms with Crippen molar-refractivity contribution in [3.8, 4) is 11.3 Å². The molecule has 2 aromatic heterocycles. The fraction of sp³-hybridized carbons (Fsp3) is 0.333. The molecule has 1 aromatic carbocycles.